The summed E-state index contributed by atoms with van der Waals surface area (Å²) < 4.78 is 0. The first-order valence-electron chi connectivity index (χ1n) is 5.38. The molecule has 0 unspecified atom stereocenters. The quantitative estimate of drug-likeness (QED) is 0.370. The standard InChI is InChI=1S/C13H15N3S/c1-9-8-12(17-10(9)2)13(16-14)15-11-6-4-3-5-7-11/h3-8H,14H2,1-2H3,(H,15,16). The lowest BCUT2D eigenvalue weighted by Crippen LogP contribution is -2.30. The van der Waals surface area contributed by atoms with Crippen LogP contribution < -0.4 is 11.3 Å². The minimum absolute atomic E-state index is 0.706. The second-order valence-electron chi connectivity index (χ2n) is 3.79. The molecule has 88 valence electrons. The van der Waals surface area contributed by atoms with Crippen LogP contribution in [-0.4, -0.2) is 5.84 Å². The summed E-state index contributed by atoms with van der Waals surface area (Å²) in [6.07, 6.45) is 0. The fourth-order valence-electron chi connectivity index (χ4n) is 1.48. The smallest absolute Gasteiger partial charge is 0.158 e. The molecule has 1 aromatic carbocycles. The van der Waals surface area contributed by atoms with E-state index in [4.69, 9.17) is 5.84 Å². The van der Waals surface area contributed by atoms with E-state index in [-0.39, 0.29) is 0 Å². The summed E-state index contributed by atoms with van der Waals surface area (Å²) >= 11 is 1.69. The van der Waals surface area contributed by atoms with Crippen LogP contribution in [0.25, 0.3) is 0 Å². The highest BCUT2D eigenvalue weighted by Gasteiger charge is 2.07. The van der Waals surface area contributed by atoms with Crippen LogP contribution in [0.5, 0.6) is 0 Å². The monoisotopic (exact) mass is 245 g/mol. The zero-order valence-corrected chi connectivity index (χ0v) is 10.7. The molecule has 2 rings (SSSR count). The molecule has 3 nitrogen and oxygen atoms in total. The third-order valence-corrected chi connectivity index (χ3v) is 3.69. The molecular weight excluding hydrogens is 230 g/mol. The molecule has 0 spiro atoms. The number of rotatable bonds is 2. The van der Waals surface area contributed by atoms with E-state index in [1.165, 1.54) is 10.4 Å². The molecule has 0 saturated heterocycles. The van der Waals surface area contributed by atoms with Gasteiger partial charge in [0.1, 0.15) is 0 Å². The van der Waals surface area contributed by atoms with Gasteiger partial charge in [0.15, 0.2) is 5.84 Å². The lowest BCUT2D eigenvalue weighted by Gasteiger charge is -2.02. The van der Waals surface area contributed by atoms with Crippen molar-refractivity contribution in [1.29, 1.82) is 0 Å². The van der Waals surface area contributed by atoms with Crippen molar-refractivity contribution in [1.82, 2.24) is 5.43 Å². The number of hydrogen-bond acceptors (Lipinski definition) is 3. The van der Waals surface area contributed by atoms with Gasteiger partial charge in [-0.05, 0) is 37.6 Å². The maximum Gasteiger partial charge on any atom is 0.158 e. The van der Waals surface area contributed by atoms with Crippen molar-refractivity contribution in [2.75, 3.05) is 0 Å². The van der Waals surface area contributed by atoms with Gasteiger partial charge in [-0.2, -0.15) is 0 Å². The molecule has 0 aliphatic rings. The predicted octanol–water partition coefficient (Wildman–Crippen LogP) is 2.91. The van der Waals surface area contributed by atoms with E-state index in [0.29, 0.717) is 5.84 Å². The van der Waals surface area contributed by atoms with Crippen molar-refractivity contribution < 1.29 is 0 Å². The van der Waals surface area contributed by atoms with Crippen LogP contribution in [0.1, 0.15) is 15.3 Å². The van der Waals surface area contributed by atoms with Crippen molar-refractivity contribution in [3.05, 3.63) is 51.7 Å². The van der Waals surface area contributed by atoms with Gasteiger partial charge in [0, 0.05) is 4.88 Å². The van der Waals surface area contributed by atoms with E-state index in [2.05, 4.69) is 30.3 Å². The number of benzene rings is 1. The van der Waals surface area contributed by atoms with Gasteiger partial charge in [-0.1, -0.05) is 18.2 Å². The molecule has 0 bridgehead atoms. The number of para-hydroxylation sites is 1. The lowest BCUT2D eigenvalue weighted by molar-refractivity contribution is 1.03. The Balaban J connectivity index is 2.37. The van der Waals surface area contributed by atoms with Crippen LogP contribution in [0, 0.1) is 13.8 Å². The van der Waals surface area contributed by atoms with Gasteiger partial charge in [-0.3, -0.25) is 0 Å². The normalized spacial score (nSPS) is 11.6. The van der Waals surface area contributed by atoms with Crippen LogP contribution in [0.4, 0.5) is 5.69 Å². The highest BCUT2D eigenvalue weighted by molar-refractivity contribution is 7.14. The highest BCUT2D eigenvalue weighted by Crippen LogP contribution is 2.22. The summed E-state index contributed by atoms with van der Waals surface area (Å²) in [6.45, 7) is 4.19. The van der Waals surface area contributed by atoms with Crippen LogP contribution in [-0.2, 0) is 0 Å². The first-order chi connectivity index (χ1) is 8.20. The molecule has 0 saturated carbocycles. The van der Waals surface area contributed by atoms with Crippen LogP contribution in [0.3, 0.4) is 0 Å². The third-order valence-electron chi connectivity index (χ3n) is 2.53. The maximum atomic E-state index is 5.54. The molecule has 0 aliphatic heterocycles. The van der Waals surface area contributed by atoms with Crippen molar-refractivity contribution >= 4 is 22.9 Å². The average molecular weight is 245 g/mol. The summed E-state index contributed by atoms with van der Waals surface area (Å²) in [5, 5.41) is 0. The van der Waals surface area contributed by atoms with E-state index in [1.54, 1.807) is 11.3 Å². The molecule has 0 amide bonds. The molecule has 0 aliphatic carbocycles. The number of nitrogens with two attached hydrogens (primary N) is 1. The van der Waals surface area contributed by atoms with Gasteiger partial charge in [0.05, 0.1) is 10.6 Å². The maximum absolute atomic E-state index is 5.54. The molecule has 1 aromatic heterocycles. The lowest BCUT2D eigenvalue weighted by atomic mass is 10.3. The molecule has 2 aromatic rings. The number of hydrogen-bond donors (Lipinski definition) is 2. The molecule has 0 fully saturated rings. The van der Waals surface area contributed by atoms with E-state index >= 15 is 0 Å². The average Bonchev–Trinajstić information content (AvgIpc) is 2.68. The SMILES string of the molecule is Cc1cc(C(=Nc2ccccc2)NN)sc1C. The van der Waals surface area contributed by atoms with Crippen LogP contribution >= 0.6 is 11.3 Å². The van der Waals surface area contributed by atoms with Gasteiger partial charge in [0.2, 0.25) is 0 Å². The number of hydrazine groups is 1. The fraction of sp³-hybridized carbons (Fsp3) is 0.154. The largest absolute Gasteiger partial charge is 0.307 e. The zero-order valence-electron chi connectivity index (χ0n) is 9.90. The number of aryl methyl sites for hydroxylation is 2. The highest BCUT2D eigenvalue weighted by atomic mass is 32.1. The van der Waals surface area contributed by atoms with Crippen molar-refractivity contribution in [2.24, 2.45) is 10.8 Å². The Morgan fingerprint density at radius 2 is 1.94 bits per heavy atom. The van der Waals surface area contributed by atoms with Gasteiger partial charge < -0.3 is 5.43 Å². The van der Waals surface area contributed by atoms with E-state index in [1.807, 2.05) is 30.3 Å². The zero-order chi connectivity index (χ0) is 12.3. The Labute approximate surface area is 105 Å². The van der Waals surface area contributed by atoms with Crippen molar-refractivity contribution in [2.45, 2.75) is 13.8 Å². The summed E-state index contributed by atoms with van der Waals surface area (Å²) in [6, 6.07) is 11.9. The fourth-order valence-corrected chi connectivity index (χ4v) is 2.47. The van der Waals surface area contributed by atoms with Gasteiger partial charge in [0.25, 0.3) is 0 Å². The molecular formula is C13H15N3S. The molecule has 4 heteroatoms. The van der Waals surface area contributed by atoms with Crippen LogP contribution in [0.2, 0.25) is 0 Å². The second-order valence-corrected chi connectivity index (χ2v) is 5.05. The van der Waals surface area contributed by atoms with Crippen molar-refractivity contribution in [3.8, 4) is 0 Å². The van der Waals surface area contributed by atoms with Gasteiger partial charge >= 0.3 is 0 Å². The molecule has 3 N–H and O–H groups in total. The summed E-state index contributed by atoms with van der Waals surface area (Å²) in [5.41, 5.74) is 4.83. The summed E-state index contributed by atoms with van der Waals surface area (Å²) in [4.78, 5) is 6.84. The first kappa shape index (κ1) is 11.8. The number of aliphatic imine (C=N–C) groups is 1. The molecule has 17 heavy (non-hydrogen) atoms. The second kappa shape index (κ2) is 5.12. The number of thiophene rings is 1. The Morgan fingerprint density at radius 1 is 1.24 bits per heavy atom. The predicted molar refractivity (Wildman–Crippen MR) is 73.8 cm³/mol. The molecule has 1 heterocycles. The molecule has 0 atom stereocenters. The summed E-state index contributed by atoms with van der Waals surface area (Å²) in [5.74, 6) is 6.24. The van der Waals surface area contributed by atoms with Crippen molar-refractivity contribution in [3.63, 3.8) is 0 Å². The minimum Gasteiger partial charge on any atom is -0.307 e. The van der Waals surface area contributed by atoms with Gasteiger partial charge in [-0.15, -0.1) is 11.3 Å². The van der Waals surface area contributed by atoms with E-state index in [9.17, 15) is 0 Å². The minimum atomic E-state index is 0.706. The Hall–Kier alpha value is -1.65. The van der Waals surface area contributed by atoms with E-state index in [0.717, 1.165) is 10.6 Å². The topological polar surface area (TPSA) is 50.4 Å². The Bertz CT molecular complexity index is 509. The summed E-state index contributed by atoms with van der Waals surface area (Å²) in [7, 11) is 0. The third kappa shape index (κ3) is 2.72. The van der Waals surface area contributed by atoms with Gasteiger partial charge in [-0.25, -0.2) is 10.8 Å². The number of nitrogens with zero attached hydrogens (tertiary/aromatic N) is 1. The Kier molecular flexibility index (Phi) is 3.56. The first-order valence-corrected chi connectivity index (χ1v) is 6.20. The number of amidine groups is 1. The molecule has 0 radical (unpaired) electrons. The number of nitrogens with one attached hydrogen (secondary N) is 1. The van der Waals surface area contributed by atoms with E-state index < -0.39 is 0 Å². The Morgan fingerprint density at radius 3 is 2.47 bits per heavy atom. The van der Waals surface area contributed by atoms with Crippen LogP contribution in [0.15, 0.2) is 41.4 Å².